The van der Waals surface area contributed by atoms with Crippen molar-refractivity contribution in [2.75, 3.05) is 17.2 Å². The average molecular weight is 299 g/mol. The fourth-order valence-electron chi connectivity index (χ4n) is 2.00. The molecule has 0 bridgehead atoms. The highest BCUT2D eigenvalue weighted by molar-refractivity contribution is 6.09. The number of primary amides is 1. The maximum absolute atomic E-state index is 12.3. The van der Waals surface area contributed by atoms with Gasteiger partial charge in [0, 0.05) is 25.1 Å². The number of aromatic nitrogens is 2. The van der Waals surface area contributed by atoms with Crippen LogP contribution >= 0.6 is 0 Å². The second kappa shape index (κ2) is 6.66. The lowest BCUT2D eigenvalue weighted by atomic mass is 10.1. The third kappa shape index (κ3) is 3.20. The maximum Gasteiger partial charge on any atom is 0.257 e. The van der Waals surface area contributed by atoms with Crippen molar-refractivity contribution in [2.24, 2.45) is 5.73 Å². The number of amides is 2. The Bertz CT molecular complexity index is 715. The highest BCUT2D eigenvalue weighted by Crippen LogP contribution is 2.25. The monoisotopic (exact) mass is 299 g/mol. The van der Waals surface area contributed by atoms with Crippen molar-refractivity contribution >= 4 is 23.2 Å². The van der Waals surface area contributed by atoms with Gasteiger partial charge in [-0.2, -0.15) is 0 Å². The number of anilines is 2. The van der Waals surface area contributed by atoms with Crippen molar-refractivity contribution in [3.63, 3.8) is 0 Å². The minimum absolute atomic E-state index is 0.225. The van der Waals surface area contributed by atoms with E-state index in [2.05, 4.69) is 20.6 Å². The van der Waals surface area contributed by atoms with Crippen molar-refractivity contribution in [1.29, 1.82) is 0 Å². The van der Waals surface area contributed by atoms with Crippen LogP contribution in [0.1, 0.15) is 33.2 Å². The van der Waals surface area contributed by atoms with Gasteiger partial charge in [-0.3, -0.25) is 19.6 Å². The molecule has 0 aliphatic carbocycles. The number of carbonyl (C=O) groups excluding carboxylic acids is 2. The van der Waals surface area contributed by atoms with E-state index in [1.807, 2.05) is 13.8 Å². The summed E-state index contributed by atoms with van der Waals surface area (Å²) < 4.78 is 0. The van der Waals surface area contributed by atoms with E-state index in [4.69, 9.17) is 5.73 Å². The molecule has 4 N–H and O–H groups in total. The van der Waals surface area contributed by atoms with Crippen LogP contribution in [0.25, 0.3) is 0 Å². The minimum atomic E-state index is -0.614. The summed E-state index contributed by atoms with van der Waals surface area (Å²) in [6.07, 6.45) is 5.94. The first-order valence-electron chi connectivity index (χ1n) is 6.78. The normalized spacial score (nSPS) is 10.1. The lowest BCUT2D eigenvalue weighted by molar-refractivity contribution is 0.0996. The van der Waals surface area contributed by atoms with Crippen LogP contribution in [0.2, 0.25) is 0 Å². The van der Waals surface area contributed by atoms with Crippen LogP contribution in [0.4, 0.5) is 11.4 Å². The molecule has 2 amide bonds. The highest BCUT2D eigenvalue weighted by atomic mass is 16.2. The molecule has 0 aromatic carbocycles. The molecule has 2 aromatic heterocycles. The number of hydrogen-bond donors (Lipinski definition) is 3. The third-order valence-corrected chi connectivity index (χ3v) is 3.10. The quantitative estimate of drug-likeness (QED) is 0.776. The SMILES string of the molecule is CCNc1c(NC(=O)c2cnccc2C)cncc1C(N)=O. The molecule has 2 rings (SSSR count). The Morgan fingerprint density at radius 1 is 1.18 bits per heavy atom. The van der Waals surface area contributed by atoms with E-state index in [1.54, 1.807) is 12.3 Å². The summed E-state index contributed by atoms with van der Waals surface area (Å²) in [6.45, 7) is 4.26. The number of hydrogen-bond acceptors (Lipinski definition) is 5. The van der Waals surface area contributed by atoms with Gasteiger partial charge in [-0.05, 0) is 25.5 Å². The van der Waals surface area contributed by atoms with Crippen molar-refractivity contribution in [2.45, 2.75) is 13.8 Å². The molecule has 22 heavy (non-hydrogen) atoms. The van der Waals surface area contributed by atoms with Crippen molar-refractivity contribution < 1.29 is 9.59 Å². The van der Waals surface area contributed by atoms with Crippen LogP contribution in [0, 0.1) is 6.92 Å². The molecule has 2 aromatic rings. The molecule has 0 aliphatic heterocycles. The van der Waals surface area contributed by atoms with E-state index < -0.39 is 5.91 Å². The number of rotatable bonds is 5. The van der Waals surface area contributed by atoms with Gasteiger partial charge in [0.25, 0.3) is 11.8 Å². The van der Waals surface area contributed by atoms with Crippen LogP contribution in [0.5, 0.6) is 0 Å². The lowest BCUT2D eigenvalue weighted by Gasteiger charge is -2.14. The van der Waals surface area contributed by atoms with Crippen LogP contribution in [-0.2, 0) is 0 Å². The Morgan fingerprint density at radius 3 is 2.55 bits per heavy atom. The summed E-state index contributed by atoms with van der Waals surface area (Å²) >= 11 is 0. The van der Waals surface area contributed by atoms with Gasteiger partial charge in [-0.25, -0.2) is 0 Å². The lowest BCUT2D eigenvalue weighted by Crippen LogP contribution is -2.19. The minimum Gasteiger partial charge on any atom is -0.383 e. The van der Waals surface area contributed by atoms with Crippen molar-refractivity contribution in [1.82, 2.24) is 9.97 Å². The van der Waals surface area contributed by atoms with E-state index in [9.17, 15) is 9.59 Å². The van der Waals surface area contributed by atoms with Crippen molar-refractivity contribution in [3.8, 4) is 0 Å². The standard InChI is InChI=1S/C15H17N5O2/c1-3-19-13-11(14(16)21)7-18-8-12(13)20-15(22)10-6-17-5-4-9(10)2/h4-8H,3H2,1-2H3,(H2,16,21)(H,18,19)(H,20,22). The second-order valence-corrected chi connectivity index (χ2v) is 4.65. The largest absolute Gasteiger partial charge is 0.383 e. The Labute approximate surface area is 128 Å². The van der Waals surface area contributed by atoms with Gasteiger partial charge in [-0.15, -0.1) is 0 Å². The molecule has 114 valence electrons. The van der Waals surface area contributed by atoms with E-state index in [0.717, 1.165) is 5.56 Å². The fraction of sp³-hybridized carbons (Fsp3) is 0.200. The molecule has 0 saturated carbocycles. The summed E-state index contributed by atoms with van der Waals surface area (Å²) in [6, 6.07) is 1.75. The first-order chi connectivity index (χ1) is 10.5. The van der Waals surface area contributed by atoms with Crippen LogP contribution in [-0.4, -0.2) is 28.3 Å². The smallest absolute Gasteiger partial charge is 0.257 e. The summed E-state index contributed by atoms with van der Waals surface area (Å²) in [4.78, 5) is 31.7. The first-order valence-corrected chi connectivity index (χ1v) is 6.78. The zero-order chi connectivity index (χ0) is 16.1. The zero-order valence-electron chi connectivity index (χ0n) is 12.4. The molecule has 0 saturated heterocycles. The number of nitrogens with one attached hydrogen (secondary N) is 2. The molecule has 0 atom stereocenters. The van der Waals surface area contributed by atoms with Crippen LogP contribution < -0.4 is 16.4 Å². The van der Waals surface area contributed by atoms with Gasteiger partial charge in [0.1, 0.15) is 0 Å². The van der Waals surface area contributed by atoms with Gasteiger partial charge in [0.05, 0.1) is 28.7 Å². The topological polar surface area (TPSA) is 110 Å². The number of nitrogens with two attached hydrogens (primary N) is 1. The average Bonchev–Trinajstić information content (AvgIpc) is 2.49. The Hall–Kier alpha value is -2.96. The van der Waals surface area contributed by atoms with Gasteiger partial charge in [-0.1, -0.05) is 0 Å². The number of nitrogens with zero attached hydrogens (tertiary/aromatic N) is 2. The van der Waals surface area contributed by atoms with E-state index >= 15 is 0 Å². The summed E-state index contributed by atoms with van der Waals surface area (Å²) in [5.41, 5.74) is 7.67. The Balaban J connectivity index is 2.37. The Morgan fingerprint density at radius 2 is 1.91 bits per heavy atom. The molecular weight excluding hydrogens is 282 g/mol. The second-order valence-electron chi connectivity index (χ2n) is 4.65. The van der Waals surface area contributed by atoms with Gasteiger partial charge in [0.2, 0.25) is 0 Å². The highest BCUT2D eigenvalue weighted by Gasteiger charge is 2.16. The van der Waals surface area contributed by atoms with Gasteiger partial charge >= 0.3 is 0 Å². The van der Waals surface area contributed by atoms with E-state index in [1.165, 1.54) is 18.6 Å². The molecular formula is C15H17N5O2. The predicted octanol–water partition coefficient (Wildman–Crippen LogP) is 1.57. The molecule has 0 fully saturated rings. The summed E-state index contributed by atoms with van der Waals surface area (Å²) in [5, 5.41) is 5.76. The molecule has 7 nitrogen and oxygen atoms in total. The fourth-order valence-corrected chi connectivity index (χ4v) is 2.00. The van der Waals surface area contributed by atoms with Crippen molar-refractivity contribution in [3.05, 3.63) is 47.5 Å². The molecule has 0 radical (unpaired) electrons. The molecule has 0 aliphatic rings. The van der Waals surface area contributed by atoms with Crippen LogP contribution in [0.3, 0.4) is 0 Å². The summed E-state index contributed by atoms with van der Waals surface area (Å²) in [7, 11) is 0. The summed E-state index contributed by atoms with van der Waals surface area (Å²) in [5.74, 6) is -0.940. The molecule has 0 spiro atoms. The third-order valence-electron chi connectivity index (χ3n) is 3.10. The van der Waals surface area contributed by atoms with Crippen LogP contribution in [0.15, 0.2) is 30.9 Å². The molecule has 0 unspecified atom stereocenters. The van der Waals surface area contributed by atoms with Gasteiger partial charge < -0.3 is 16.4 Å². The molecule has 2 heterocycles. The van der Waals surface area contributed by atoms with Gasteiger partial charge in [0.15, 0.2) is 0 Å². The zero-order valence-corrected chi connectivity index (χ0v) is 12.4. The number of carbonyl (C=O) groups is 2. The number of aryl methyl sites for hydroxylation is 1. The van der Waals surface area contributed by atoms with E-state index in [-0.39, 0.29) is 11.5 Å². The predicted molar refractivity (Wildman–Crippen MR) is 83.8 cm³/mol. The Kier molecular flexibility index (Phi) is 4.67. The first kappa shape index (κ1) is 15.4. The number of pyridine rings is 2. The maximum atomic E-state index is 12.3. The molecule has 7 heteroatoms. The van der Waals surface area contributed by atoms with E-state index in [0.29, 0.717) is 23.5 Å².